The molecular formula is C6H15N5O. The van der Waals surface area contributed by atoms with Crippen molar-refractivity contribution in [3.8, 4) is 0 Å². The molecule has 0 aliphatic rings. The van der Waals surface area contributed by atoms with Crippen LogP contribution in [-0.4, -0.2) is 44.1 Å². The number of hydrogen-bond acceptors (Lipinski definition) is 2. The highest BCUT2D eigenvalue weighted by molar-refractivity contribution is 5.76. The molecule has 0 aliphatic heterocycles. The second kappa shape index (κ2) is 5.22. The molecule has 0 spiro atoms. The molecule has 2 amide bonds. The zero-order chi connectivity index (χ0) is 9.56. The molecule has 0 heterocycles. The van der Waals surface area contributed by atoms with Crippen molar-refractivity contribution < 1.29 is 4.79 Å². The van der Waals surface area contributed by atoms with Gasteiger partial charge in [0, 0.05) is 20.6 Å². The highest BCUT2D eigenvalue weighted by atomic mass is 16.2. The summed E-state index contributed by atoms with van der Waals surface area (Å²) in [5.74, 6) is 0.0362. The SMILES string of the molecule is CN(C)C(=O)NCCN=C(N)N. The molecule has 0 radical (unpaired) electrons. The minimum atomic E-state index is -0.152. The van der Waals surface area contributed by atoms with Gasteiger partial charge in [0.05, 0.1) is 6.54 Å². The molecular weight excluding hydrogens is 158 g/mol. The lowest BCUT2D eigenvalue weighted by molar-refractivity contribution is 0.218. The molecule has 0 aliphatic carbocycles. The molecule has 0 unspecified atom stereocenters. The molecule has 70 valence electrons. The van der Waals surface area contributed by atoms with Crippen LogP contribution >= 0.6 is 0 Å². The van der Waals surface area contributed by atoms with E-state index >= 15 is 0 Å². The Kier molecular flexibility index (Phi) is 4.59. The van der Waals surface area contributed by atoms with Gasteiger partial charge in [-0.1, -0.05) is 0 Å². The highest BCUT2D eigenvalue weighted by Gasteiger charge is 1.99. The zero-order valence-electron chi connectivity index (χ0n) is 7.37. The van der Waals surface area contributed by atoms with Crippen molar-refractivity contribution >= 4 is 12.0 Å². The van der Waals surface area contributed by atoms with Crippen molar-refractivity contribution in [3.05, 3.63) is 0 Å². The third kappa shape index (κ3) is 5.33. The summed E-state index contributed by atoms with van der Waals surface area (Å²) in [6, 6.07) is -0.152. The number of rotatable bonds is 3. The average Bonchev–Trinajstić information content (AvgIpc) is 1.97. The number of nitrogens with one attached hydrogen (secondary N) is 1. The topological polar surface area (TPSA) is 96.7 Å². The normalized spacial score (nSPS) is 8.83. The van der Waals surface area contributed by atoms with E-state index in [1.807, 2.05) is 0 Å². The van der Waals surface area contributed by atoms with E-state index < -0.39 is 0 Å². The van der Waals surface area contributed by atoms with E-state index in [0.717, 1.165) is 0 Å². The fourth-order valence-corrected chi connectivity index (χ4v) is 0.506. The van der Waals surface area contributed by atoms with E-state index in [2.05, 4.69) is 10.3 Å². The van der Waals surface area contributed by atoms with Gasteiger partial charge in [-0.05, 0) is 0 Å². The second-order valence-electron chi connectivity index (χ2n) is 2.43. The Balaban J connectivity index is 3.45. The molecule has 5 N–H and O–H groups in total. The lowest BCUT2D eigenvalue weighted by atomic mass is 10.6. The molecule has 0 aromatic heterocycles. The van der Waals surface area contributed by atoms with Gasteiger partial charge >= 0.3 is 6.03 Å². The van der Waals surface area contributed by atoms with Crippen LogP contribution in [0, 0.1) is 0 Å². The molecule has 6 nitrogen and oxygen atoms in total. The van der Waals surface area contributed by atoms with Gasteiger partial charge in [0.25, 0.3) is 0 Å². The molecule has 0 rings (SSSR count). The van der Waals surface area contributed by atoms with Gasteiger partial charge in [0.1, 0.15) is 0 Å². The van der Waals surface area contributed by atoms with Crippen molar-refractivity contribution in [2.75, 3.05) is 27.2 Å². The van der Waals surface area contributed by atoms with Crippen LogP contribution in [0.3, 0.4) is 0 Å². The summed E-state index contributed by atoms with van der Waals surface area (Å²) < 4.78 is 0. The average molecular weight is 173 g/mol. The molecule has 0 bridgehead atoms. The fraction of sp³-hybridized carbons (Fsp3) is 0.667. The fourth-order valence-electron chi connectivity index (χ4n) is 0.506. The van der Waals surface area contributed by atoms with Crippen molar-refractivity contribution in [1.82, 2.24) is 10.2 Å². The van der Waals surface area contributed by atoms with Crippen molar-refractivity contribution in [3.63, 3.8) is 0 Å². The van der Waals surface area contributed by atoms with Crippen molar-refractivity contribution in [2.45, 2.75) is 0 Å². The van der Waals surface area contributed by atoms with E-state index in [1.165, 1.54) is 4.90 Å². The van der Waals surface area contributed by atoms with Gasteiger partial charge in [-0.25, -0.2) is 4.79 Å². The maximum absolute atomic E-state index is 10.9. The Morgan fingerprint density at radius 2 is 2.08 bits per heavy atom. The predicted molar refractivity (Wildman–Crippen MR) is 47.8 cm³/mol. The number of nitrogens with two attached hydrogens (primary N) is 2. The number of carbonyl (C=O) groups excluding carboxylic acids is 1. The Labute approximate surface area is 71.6 Å². The number of guanidine groups is 1. The first kappa shape index (κ1) is 10.5. The minimum Gasteiger partial charge on any atom is -0.370 e. The Hall–Kier alpha value is -1.46. The van der Waals surface area contributed by atoms with Crippen LogP contribution in [0.5, 0.6) is 0 Å². The number of carbonyl (C=O) groups is 1. The van der Waals surface area contributed by atoms with Gasteiger partial charge in [0.15, 0.2) is 5.96 Å². The standard InChI is InChI=1S/C6H15N5O/c1-11(2)6(12)10-4-3-9-5(7)8/h3-4H2,1-2H3,(H,10,12)(H4,7,8,9). The number of hydrogen-bond donors (Lipinski definition) is 3. The number of aliphatic imine (C=N–C) groups is 1. The quantitative estimate of drug-likeness (QED) is 0.276. The summed E-state index contributed by atoms with van der Waals surface area (Å²) in [7, 11) is 3.33. The van der Waals surface area contributed by atoms with Crippen LogP contribution in [0.15, 0.2) is 4.99 Å². The first-order valence-corrected chi connectivity index (χ1v) is 3.54. The highest BCUT2D eigenvalue weighted by Crippen LogP contribution is 1.75. The maximum atomic E-state index is 10.9. The molecule has 0 saturated carbocycles. The van der Waals surface area contributed by atoms with Gasteiger partial charge in [-0.15, -0.1) is 0 Å². The third-order valence-electron chi connectivity index (χ3n) is 1.09. The summed E-state index contributed by atoms with van der Waals surface area (Å²) >= 11 is 0. The molecule has 0 saturated heterocycles. The summed E-state index contributed by atoms with van der Waals surface area (Å²) in [5.41, 5.74) is 10.1. The van der Waals surface area contributed by atoms with Gasteiger partial charge < -0.3 is 21.7 Å². The number of nitrogens with zero attached hydrogens (tertiary/aromatic N) is 2. The van der Waals surface area contributed by atoms with Crippen molar-refractivity contribution in [1.29, 1.82) is 0 Å². The van der Waals surface area contributed by atoms with E-state index in [0.29, 0.717) is 13.1 Å². The molecule has 6 heteroatoms. The summed E-state index contributed by atoms with van der Waals surface area (Å²) in [5, 5.41) is 2.61. The monoisotopic (exact) mass is 173 g/mol. The predicted octanol–water partition coefficient (Wildman–Crippen LogP) is -1.47. The summed E-state index contributed by atoms with van der Waals surface area (Å²) in [6.45, 7) is 0.844. The van der Waals surface area contributed by atoms with Crippen molar-refractivity contribution in [2.24, 2.45) is 16.5 Å². The first-order chi connectivity index (χ1) is 5.54. The van der Waals surface area contributed by atoms with Gasteiger partial charge in [-0.2, -0.15) is 0 Å². The lowest BCUT2D eigenvalue weighted by Crippen LogP contribution is -2.36. The lowest BCUT2D eigenvalue weighted by Gasteiger charge is -2.10. The van der Waals surface area contributed by atoms with E-state index in [9.17, 15) is 4.79 Å². The minimum absolute atomic E-state index is 0.0362. The van der Waals surface area contributed by atoms with E-state index in [1.54, 1.807) is 14.1 Å². The molecule has 0 atom stereocenters. The largest absolute Gasteiger partial charge is 0.370 e. The molecule has 0 fully saturated rings. The van der Waals surface area contributed by atoms with Crippen LogP contribution in [0.2, 0.25) is 0 Å². The molecule has 0 aromatic rings. The third-order valence-corrected chi connectivity index (χ3v) is 1.09. The van der Waals surface area contributed by atoms with Crippen LogP contribution in [-0.2, 0) is 0 Å². The van der Waals surface area contributed by atoms with E-state index in [-0.39, 0.29) is 12.0 Å². The van der Waals surface area contributed by atoms with Crippen LogP contribution in [0.1, 0.15) is 0 Å². The number of urea groups is 1. The first-order valence-electron chi connectivity index (χ1n) is 3.54. The van der Waals surface area contributed by atoms with E-state index in [4.69, 9.17) is 11.5 Å². The Bertz CT molecular complexity index is 173. The second-order valence-corrected chi connectivity index (χ2v) is 2.43. The van der Waals surface area contributed by atoms with Crippen LogP contribution in [0.25, 0.3) is 0 Å². The summed E-state index contributed by atoms with van der Waals surface area (Å²) in [6.07, 6.45) is 0. The molecule has 0 aromatic carbocycles. The zero-order valence-corrected chi connectivity index (χ0v) is 7.37. The van der Waals surface area contributed by atoms with Crippen LogP contribution in [0.4, 0.5) is 4.79 Å². The molecule has 12 heavy (non-hydrogen) atoms. The van der Waals surface area contributed by atoms with Gasteiger partial charge in [-0.3, -0.25) is 4.99 Å². The number of amides is 2. The Morgan fingerprint density at radius 1 is 1.50 bits per heavy atom. The maximum Gasteiger partial charge on any atom is 0.316 e. The Morgan fingerprint density at radius 3 is 2.50 bits per heavy atom. The van der Waals surface area contributed by atoms with Gasteiger partial charge in [0.2, 0.25) is 0 Å². The summed E-state index contributed by atoms with van der Waals surface area (Å²) in [4.78, 5) is 16.0. The van der Waals surface area contributed by atoms with Crippen LogP contribution < -0.4 is 16.8 Å². The smallest absolute Gasteiger partial charge is 0.316 e.